The van der Waals surface area contributed by atoms with Crippen LogP contribution in [0.3, 0.4) is 0 Å². The Labute approximate surface area is 148 Å². The Morgan fingerprint density at radius 1 is 1.35 bits per heavy atom. The molecule has 2 N–H and O–H groups in total. The summed E-state index contributed by atoms with van der Waals surface area (Å²) in [6.45, 7) is 5.01. The SMILES string of the molecule is Cc1cc([C@@H](C)NC(=O)O)c2oc(-c3cnccc3F)c(C)c(=O)c2c1. The van der Waals surface area contributed by atoms with Crippen LogP contribution < -0.4 is 10.7 Å². The van der Waals surface area contributed by atoms with E-state index in [0.717, 1.165) is 5.56 Å². The molecule has 0 fully saturated rings. The van der Waals surface area contributed by atoms with Gasteiger partial charge in [-0.15, -0.1) is 0 Å². The number of hydrogen-bond donors (Lipinski definition) is 2. The molecule has 3 rings (SSSR count). The van der Waals surface area contributed by atoms with Crippen molar-refractivity contribution < 1.29 is 18.7 Å². The highest BCUT2D eigenvalue weighted by Gasteiger charge is 2.21. The van der Waals surface area contributed by atoms with Crippen molar-refractivity contribution in [3.05, 3.63) is 63.3 Å². The Balaban J connectivity index is 2.36. The van der Waals surface area contributed by atoms with E-state index in [1.807, 2.05) is 0 Å². The van der Waals surface area contributed by atoms with Gasteiger partial charge in [0, 0.05) is 23.5 Å². The summed E-state index contributed by atoms with van der Waals surface area (Å²) in [5.74, 6) is -0.475. The largest absolute Gasteiger partial charge is 0.465 e. The van der Waals surface area contributed by atoms with Crippen molar-refractivity contribution in [2.75, 3.05) is 0 Å². The number of hydrogen-bond acceptors (Lipinski definition) is 4. The lowest BCUT2D eigenvalue weighted by molar-refractivity contribution is 0.191. The van der Waals surface area contributed by atoms with Gasteiger partial charge in [-0.1, -0.05) is 6.07 Å². The van der Waals surface area contributed by atoms with Gasteiger partial charge < -0.3 is 14.8 Å². The summed E-state index contributed by atoms with van der Waals surface area (Å²) in [5, 5.41) is 11.7. The van der Waals surface area contributed by atoms with Gasteiger partial charge in [-0.3, -0.25) is 9.78 Å². The van der Waals surface area contributed by atoms with Gasteiger partial charge in [0.05, 0.1) is 17.0 Å². The second kappa shape index (κ2) is 6.59. The van der Waals surface area contributed by atoms with Crippen molar-refractivity contribution in [1.82, 2.24) is 10.3 Å². The number of carbonyl (C=O) groups is 1. The first kappa shape index (κ1) is 17.6. The maximum atomic E-state index is 14.2. The summed E-state index contributed by atoms with van der Waals surface area (Å²) in [7, 11) is 0. The van der Waals surface area contributed by atoms with Crippen molar-refractivity contribution in [2.24, 2.45) is 0 Å². The molecule has 0 radical (unpaired) electrons. The van der Waals surface area contributed by atoms with Crippen molar-refractivity contribution in [2.45, 2.75) is 26.8 Å². The fourth-order valence-electron chi connectivity index (χ4n) is 2.95. The minimum Gasteiger partial charge on any atom is -0.465 e. The number of halogens is 1. The molecule has 0 aliphatic heterocycles. The molecular weight excluding hydrogens is 339 g/mol. The minimum absolute atomic E-state index is 0.0781. The molecule has 26 heavy (non-hydrogen) atoms. The predicted molar refractivity (Wildman–Crippen MR) is 94.7 cm³/mol. The van der Waals surface area contributed by atoms with E-state index in [0.29, 0.717) is 10.9 Å². The molecule has 6 nitrogen and oxygen atoms in total. The Morgan fingerprint density at radius 2 is 2.08 bits per heavy atom. The highest BCUT2D eigenvalue weighted by atomic mass is 19.1. The summed E-state index contributed by atoms with van der Waals surface area (Å²) in [6.07, 6.45) is 1.40. The normalized spacial score (nSPS) is 12.2. The van der Waals surface area contributed by atoms with Crippen LogP contribution in [0.4, 0.5) is 9.18 Å². The Hall–Kier alpha value is -3.22. The third kappa shape index (κ3) is 3.03. The number of benzene rings is 1. The van der Waals surface area contributed by atoms with Crippen molar-refractivity contribution in [3.63, 3.8) is 0 Å². The van der Waals surface area contributed by atoms with Crippen LogP contribution in [0.25, 0.3) is 22.3 Å². The van der Waals surface area contributed by atoms with E-state index in [4.69, 9.17) is 9.52 Å². The quantitative estimate of drug-likeness (QED) is 0.741. The van der Waals surface area contributed by atoms with E-state index in [1.165, 1.54) is 18.5 Å². The van der Waals surface area contributed by atoms with E-state index in [2.05, 4.69) is 10.3 Å². The average Bonchev–Trinajstić information content (AvgIpc) is 2.58. The standard InChI is InChI=1S/C19H17FN2O4/c1-9-6-12(11(3)22-19(24)25)18-13(7-9)16(23)10(2)17(26-18)14-8-21-5-4-15(14)20/h4-8,11,22H,1-3H3,(H,24,25)/t11-/m1/s1. The summed E-state index contributed by atoms with van der Waals surface area (Å²) in [6, 6.07) is 3.98. The van der Waals surface area contributed by atoms with Crippen LogP contribution in [0.5, 0.6) is 0 Å². The summed E-state index contributed by atoms with van der Waals surface area (Å²) >= 11 is 0. The van der Waals surface area contributed by atoms with Crippen molar-refractivity contribution in [3.8, 4) is 11.3 Å². The lowest BCUT2D eigenvalue weighted by atomic mass is 9.99. The Bertz CT molecular complexity index is 1080. The zero-order valence-corrected chi connectivity index (χ0v) is 14.5. The molecule has 7 heteroatoms. The first-order valence-corrected chi connectivity index (χ1v) is 7.97. The number of rotatable bonds is 3. The van der Waals surface area contributed by atoms with E-state index in [-0.39, 0.29) is 27.9 Å². The van der Waals surface area contributed by atoms with E-state index in [1.54, 1.807) is 32.9 Å². The molecule has 2 heterocycles. The second-order valence-electron chi connectivity index (χ2n) is 6.14. The van der Waals surface area contributed by atoms with Gasteiger partial charge >= 0.3 is 6.09 Å². The average molecular weight is 356 g/mol. The van der Waals surface area contributed by atoms with Gasteiger partial charge in [0.1, 0.15) is 17.2 Å². The van der Waals surface area contributed by atoms with Gasteiger partial charge in [0.2, 0.25) is 0 Å². The monoisotopic (exact) mass is 356 g/mol. The number of nitrogens with one attached hydrogen (secondary N) is 1. The highest BCUT2D eigenvalue weighted by Crippen LogP contribution is 2.31. The molecule has 1 amide bonds. The molecule has 0 saturated carbocycles. The maximum Gasteiger partial charge on any atom is 0.405 e. The number of nitrogens with zero attached hydrogens (tertiary/aromatic N) is 1. The summed E-state index contributed by atoms with van der Waals surface area (Å²) < 4.78 is 20.1. The smallest absolute Gasteiger partial charge is 0.405 e. The zero-order valence-electron chi connectivity index (χ0n) is 14.5. The Morgan fingerprint density at radius 3 is 2.73 bits per heavy atom. The fourth-order valence-corrected chi connectivity index (χ4v) is 2.95. The van der Waals surface area contributed by atoms with Crippen molar-refractivity contribution in [1.29, 1.82) is 0 Å². The van der Waals surface area contributed by atoms with Gasteiger partial charge in [0.15, 0.2) is 5.43 Å². The molecule has 0 saturated heterocycles. The van der Waals surface area contributed by atoms with E-state index >= 15 is 0 Å². The lowest BCUT2D eigenvalue weighted by Gasteiger charge is -2.16. The molecule has 134 valence electrons. The first-order valence-electron chi connectivity index (χ1n) is 7.97. The summed E-state index contributed by atoms with van der Waals surface area (Å²) in [5.41, 5.74) is 1.57. The Kier molecular flexibility index (Phi) is 4.46. The van der Waals surface area contributed by atoms with Gasteiger partial charge in [-0.05, 0) is 38.5 Å². The fraction of sp³-hybridized carbons (Fsp3) is 0.211. The van der Waals surface area contributed by atoms with E-state index in [9.17, 15) is 14.0 Å². The van der Waals surface area contributed by atoms with E-state index < -0.39 is 18.0 Å². The van der Waals surface area contributed by atoms with Gasteiger partial charge in [0.25, 0.3) is 0 Å². The van der Waals surface area contributed by atoms with Crippen LogP contribution in [0.1, 0.15) is 29.7 Å². The third-order valence-corrected chi connectivity index (χ3v) is 4.21. The highest BCUT2D eigenvalue weighted by molar-refractivity contribution is 5.84. The van der Waals surface area contributed by atoms with Crippen LogP contribution in [0.2, 0.25) is 0 Å². The molecule has 0 unspecified atom stereocenters. The van der Waals surface area contributed by atoms with Gasteiger partial charge in [-0.2, -0.15) is 0 Å². The van der Waals surface area contributed by atoms with Crippen LogP contribution >= 0.6 is 0 Å². The molecule has 2 aromatic heterocycles. The van der Waals surface area contributed by atoms with Crippen LogP contribution in [-0.2, 0) is 0 Å². The molecule has 3 aromatic rings. The first-order chi connectivity index (χ1) is 12.3. The van der Waals surface area contributed by atoms with Crippen LogP contribution in [0.15, 0.2) is 39.8 Å². The molecule has 1 aromatic carbocycles. The predicted octanol–water partition coefficient (Wildman–Crippen LogP) is 3.94. The topological polar surface area (TPSA) is 92.4 Å². The number of amides is 1. The number of aromatic nitrogens is 1. The second-order valence-corrected chi connectivity index (χ2v) is 6.14. The molecule has 0 aliphatic rings. The number of fused-ring (bicyclic) bond motifs is 1. The number of aryl methyl sites for hydroxylation is 1. The third-order valence-electron chi connectivity index (χ3n) is 4.21. The molecular formula is C19H17FN2O4. The van der Waals surface area contributed by atoms with Crippen LogP contribution in [0, 0.1) is 19.7 Å². The van der Waals surface area contributed by atoms with Crippen LogP contribution in [-0.4, -0.2) is 16.2 Å². The molecule has 0 bridgehead atoms. The maximum absolute atomic E-state index is 14.2. The molecule has 1 atom stereocenters. The van der Waals surface area contributed by atoms with Gasteiger partial charge in [-0.25, -0.2) is 9.18 Å². The molecule has 0 aliphatic carbocycles. The molecule has 0 spiro atoms. The number of pyridine rings is 1. The minimum atomic E-state index is -1.19. The number of carboxylic acid groups (broad SMARTS) is 1. The van der Waals surface area contributed by atoms with Crippen molar-refractivity contribution >= 4 is 17.1 Å². The summed E-state index contributed by atoms with van der Waals surface area (Å²) in [4.78, 5) is 27.7. The zero-order chi connectivity index (χ0) is 19.0. The lowest BCUT2D eigenvalue weighted by Crippen LogP contribution is -2.25.